The molecule has 4 rings (SSSR count). The lowest BCUT2D eigenvalue weighted by molar-refractivity contribution is -0.142. The Labute approximate surface area is 159 Å². The van der Waals surface area contributed by atoms with E-state index in [1.165, 1.54) is 12.1 Å². The molecular formula is C21H26FN3O2. The summed E-state index contributed by atoms with van der Waals surface area (Å²) in [6.07, 6.45) is 7.06. The Bertz CT molecular complexity index is 796. The molecule has 2 aromatic rings. The highest BCUT2D eigenvalue weighted by Gasteiger charge is 2.45. The second kappa shape index (κ2) is 7.43. The van der Waals surface area contributed by atoms with E-state index in [-0.39, 0.29) is 17.6 Å². The van der Waals surface area contributed by atoms with Crippen LogP contribution >= 0.6 is 0 Å². The zero-order valence-corrected chi connectivity index (χ0v) is 15.7. The number of carbonyl (C=O) groups is 1. The number of likely N-dealkylation sites (tertiary alicyclic amines) is 1. The number of hydrogen-bond acceptors (Lipinski definition) is 3. The van der Waals surface area contributed by atoms with E-state index in [0.29, 0.717) is 32.6 Å². The maximum atomic E-state index is 13.7. The Hall–Kier alpha value is -2.21. The topological polar surface area (TPSA) is 47.4 Å². The van der Waals surface area contributed by atoms with Crippen LogP contribution in [-0.2, 0) is 22.0 Å². The molecule has 0 radical (unpaired) electrons. The SMILES string of the molecule is Cn1ccnc1C1CCCN(C(=O)C2(c3ccc(F)cc3)CCOCC2)C1. The monoisotopic (exact) mass is 371 g/mol. The van der Waals surface area contributed by atoms with Crippen molar-refractivity contribution >= 4 is 5.91 Å². The predicted molar refractivity (Wildman–Crippen MR) is 99.9 cm³/mol. The number of nitrogens with zero attached hydrogens (tertiary/aromatic N) is 3. The fourth-order valence-corrected chi connectivity index (χ4v) is 4.56. The van der Waals surface area contributed by atoms with Gasteiger partial charge >= 0.3 is 0 Å². The molecule has 1 unspecified atom stereocenters. The van der Waals surface area contributed by atoms with Crippen LogP contribution in [0.2, 0.25) is 0 Å². The van der Waals surface area contributed by atoms with Crippen molar-refractivity contribution in [3.05, 3.63) is 53.9 Å². The summed E-state index contributed by atoms with van der Waals surface area (Å²) in [7, 11) is 2.00. The lowest BCUT2D eigenvalue weighted by atomic mass is 9.72. The number of halogens is 1. The van der Waals surface area contributed by atoms with Crippen molar-refractivity contribution < 1.29 is 13.9 Å². The molecule has 2 aliphatic heterocycles. The maximum absolute atomic E-state index is 13.7. The second-order valence-corrected chi connectivity index (χ2v) is 7.69. The van der Waals surface area contributed by atoms with Crippen molar-refractivity contribution in [2.24, 2.45) is 7.05 Å². The first-order chi connectivity index (χ1) is 13.1. The minimum atomic E-state index is -0.616. The molecule has 1 atom stereocenters. The number of piperidine rings is 1. The van der Waals surface area contributed by atoms with E-state index in [9.17, 15) is 9.18 Å². The number of imidazole rings is 1. The molecule has 2 saturated heterocycles. The van der Waals surface area contributed by atoms with Gasteiger partial charge in [0.1, 0.15) is 11.6 Å². The zero-order valence-electron chi connectivity index (χ0n) is 15.7. The highest BCUT2D eigenvalue weighted by atomic mass is 19.1. The lowest BCUT2D eigenvalue weighted by Gasteiger charge is -2.42. The van der Waals surface area contributed by atoms with Gasteiger partial charge in [-0.2, -0.15) is 0 Å². The summed E-state index contributed by atoms with van der Waals surface area (Å²) in [6.45, 7) is 2.57. The number of hydrogen-bond donors (Lipinski definition) is 0. The Morgan fingerprint density at radius 2 is 2.00 bits per heavy atom. The first-order valence-electron chi connectivity index (χ1n) is 9.70. The molecule has 1 amide bonds. The molecular weight excluding hydrogens is 345 g/mol. The summed E-state index contributed by atoms with van der Waals surface area (Å²) in [5, 5.41) is 0. The molecule has 1 aromatic carbocycles. The fraction of sp³-hybridized carbons (Fsp3) is 0.524. The molecule has 2 fully saturated rings. The molecule has 144 valence electrons. The van der Waals surface area contributed by atoms with Gasteiger partial charge in [-0.3, -0.25) is 4.79 Å². The molecule has 2 aliphatic rings. The summed E-state index contributed by atoms with van der Waals surface area (Å²) in [6, 6.07) is 6.43. The van der Waals surface area contributed by atoms with E-state index in [4.69, 9.17) is 4.74 Å². The molecule has 0 bridgehead atoms. The van der Waals surface area contributed by atoms with Gasteiger partial charge in [-0.15, -0.1) is 0 Å². The van der Waals surface area contributed by atoms with Gasteiger partial charge in [0.2, 0.25) is 5.91 Å². The number of rotatable bonds is 3. The third-order valence-electron chi connectivity index (χ3n) is 6.08. The Morgan fingerprint density at radius 3 is 2.67 bits per heavy atom. The number of aryl methyl sites for hydroxylation is 1. The van der Waals surface area contributed by atoms with Crippen LogP contribution in [0.1, 0.15) is 43.0 Å². The molecule has 0 saturated carbocycles. The van der Waals surface area contributed by atoms with Crippen LogP contribution < -0.4 is 0 Å². The molecule has 0 N–H and O–H groups in total. The number of aromatic nitrogens is 2. The van der Waals surface area contributed by atoms with Gasteiger partial charge < -0.3 is 14.2 Å². The van der Waals surface area contributed by atoms with Gasteiger partial charge in [0.05, 0.1) is 5.41 Å². The van der Waals surface area contributed by atoms with Crippen molar-refractivity contribution in [3.8, 4) is 0 Å². The largest absolute Gasteiger partial charge is 0.381 e. The number of carbonyl (C=O) groups excluding carboxylic acids is 1. The summed E-state index contributed by atoms with van der Waals surface area (Å²) >= 11 is 0. The molecule has 1 aromatic heterocycles. The Morgan fingerprint density at radius 1 is 1.26 bits per heavy atom. The number of benzene rings is 1. The molecule has 5 nitrogen and oxygen atoms in total. The van der Waals surface area contributed by atoms with E-state index in [0.717, 1.165) is 30.8 Å². The third kappa shape index (κ3) is 3.38. The van der Waals surface area contributed by atoms with Crippen LogP contribution in [0, 0.1) is 5.82 Å². The van der Waals surface area contributed by atoms with Crippen molar-refractivity contribution in [2.75, 3.05) is 26.3 Å². The van der Waals surface area contributed by atoms with Gasteiger partial charge in [0.25, 0.3) is 0 Å². The van der Waals surface area contributed by atoms with Crippen LogP contribution in [0.5, 0.6) is 0 Å². The zero-order chi connectivity index (χ0) is 18.9. The van der Waals surface area contributed by atoms with E-state index in [1.807, 2.05) is 28.9 Å². The number of ether oxygens (including phenoxy) is 1. The first-order valence-corrected chi connectivity index (χ1v) is 9.70. The van der Waals surface area contributed by atoms with Crippen LogP contribution in [0.4, 0.5) is 4.39 Å². The first kappa shape index (κ1) is 18.2. The average Bonchev–Trinajstić information content (AvgIpc) is 3.14. The highest BCUT2D eigenvalue weighted by Crippen LogP contribution is 2.38. The van der Waals surface area contributed by atoms with Crippen LogP contribution in [-0.4, -0.2) is 46.7 Å². The van der Waals surface area contributed by atoms with Crippen molar-refractivity contribution in [3.63, 3.8) is 0 Å². The fourth-order valence-electron chi connectivity index (χ4n) is 4.56. The van der Waals surface area contributed by atoms with E-state index in [2.05, 4.69) is 4.98 Å². The molecule has 0 aliphatic carbocycles. The minimum absolute atomic E-state index is 0.149. The van der Waals surface area contributed by atoms with E-state index in [1.54, 1.807) is 12.1 Å². The maximum Gasteiger partial charge on any atom is 0.233 e. The lowest BCUT2D eigenvalue weighted by Crippen LogP contribution is -2.52. The summed E-state index contributed by atoms with van der Waals surface area (Å²) in [5.74, 6) is 1.17. The van der Waals surface area contributed by atoms with Gasteiger partial charge in [-0.1, -0.05) is 12.1 Å². The normalized spacial score (nSPS) is 22.6. The highest BCUT2D eigenvalue weighted by molar-refractivity contribution is 5.88. The number of amides is 1. The summed E-state index contributed by atoms with van der Waals surface area (Å²) in [4.78, 5) is 20.2. The minimum Gasteiger partial charge on any atom is -0.381 e. The van der Waals surface area contributed by atoms with Gasteiger partial charge in [0.15, 0.2) is 0 Å². The van der Waals surface area contributed by atoms with Gasteiger partial charge in [-0.05, 0) is 43.4 Å². The van der Waals surface area contributed by atoms with Gasteiger partial charge in [-0.25, -0.2) is 9.37 Å². The smallest absolute Gasteiger partial charge is 0.233 e. The average molecular weight is 371 g/mol. The summed E-state index contributed by atoms with van der Waals surface area (Å²) in [5.41, 5.74) is 0.284. The van der Waals surface area contributed by atoms with Crippen LogP contribution in [0.15, 0.2) is 36.7 Å². The van der Waals surface area contributed by atoms with Crippen LogP contribution in [0.3, 0.4) is 0 Å². The predicted octanol–water partition coefficient (Wildman–Crippen LogP) is 3.01. The molecule has 0 spiro atoms. The molecule has 3 heterocycles. The molecule has 27 heavy (non-hydrogen) atoms. The summed E-state index contributed by atoms with van der Waals surface area (Å²) < 4.78 is 21.0. The molecule has 6 heteroatoms. The Balaban J connectivity index is 1.61. The van der Waals surface area contributed by atoms with Crippen LogP contribution in [0.25, 0.3) is 0 Å². The standard InChI is InChI=1S/C21H26FN3O2/c1-24-12-10-23-19(24)16-3-2-11-25(15-16)20(26)21(8-13-27-14-9-21)17-4-6-18(22)7-5-17/h4-7,10,12,16H,2-3,8-9,11,13-15H2,1H3. The van der Waals surface area contributed by atoms with Crippen molar-refractivity contribution in [1.29, 1.82) is 0 Å². The van der Waals surface area contributed by atoms with Crippen molar-refractivity contribution in [2.45, 2.75) is 37.0 Å². The van der Waals surface area contributed by atoms with Gasteiger partial charge in [0, 0.05) is 51.7 Å². The second-order valence-electron chi connectivity index (χ2n) is 7.69. The quantitative estimate of drug-likeness (QED) is 0.833. The van der Waals surface area contributed by atoms with E-state index >= 15 is 0 Å². The Kier molecular flexibility index (Phi) is 5.00. The van der Waals surface area contributed by atoms with E-state index < -0.39 is 5.41 Å². The van der Waals surface area contributed by atoms with Crippen molar-refractivity contribution in [1.82, 2.24) is 14.5 Å². The third-order valence-corrected chi connectivity index (χ3v) is 6.08.